The van der Waals surface area contributed by atoms with Crippen LogP contribution in [-0.2, 0) is 10.0 Å². The molecule has 3 N–H and O–H groups in total. The van der Waals surface area contributed by atoms with E-state index in [2.05, 4.69) is 20.7 Å². The van der Waals surface area contributed by atoms with E-state index in [-0.39, 0.29) is 4.90 Å². The normalized spacial score (nSPS) is 12.1. The first kappa shape index (κ1) is 14.2. The largest absolute Gasteiger partial charge is 0.399 e. The van der Waals surface area contributed by atoms with Crippen LogP contribution in [0.15, 0.2) is 39.7 Å². The van der Waals surface area contributed by atoms with Gasteiger partial charge in [-0.25, -0.2) is 13.1 Å². The maximum absolute atomic E-state index is 11.9. The topological polar surface area (TPSA) is 72.2 Å². The van der Waals surface area contributed by atoms with Crippen molar-refractivity contribution in [2.24, 2.45) is 0 Å². The van der Waals surface area contributed by atoms with Crippen LogP contribution in [0.2, 0.25) is 0 Å². The number of halogens is 1. The van der Waals surface area contributed by atoms with E-state index in [1.807, 2.05) is 19.1 Å². The summed E-state index contributed by atoms with van der Waals surface area (Å²) in [5, 5.41) is 0. The van der Waals surface area contributed by atoms with Gasteiger partial charge in [-0.2, -0.15) is 0 Å². The molecule has 0 aliphatic carbocycles. The summed E-state index contributed by atoms with van der Waals surface area (Å²) in [6.07, 6.45) is 4.45. The number of nitrogen functional groups attached to an aromatic ring is 1. The Balaban J connectivity index is 2.82. The Kier molecular flexibility index (Phi) is 5.17. The van der Waals surface area contributed by atoms with Crippen molar-refractivity contribution in [3.8, 4) is 0 Å². The molecule has 4 nitrogen and oxygen atoms in total. The number of hydrogen-bond donors (Lipinski definition) is 2. The molecule has 0 fully saturated rings. The van der Waals surface area contributed by atoms with Gasteiger partial charge >= 0.3 is 0 Å². The second kappa shape index (κ2) is 6.18. The van der Waals surface area contributed by atoms with Crippen molar-refractivity contribution in [3.63, 3.8) is 0 Å². The van der Waals surface area contributed by atoms with Crippen LogP contribution in [0.1, 0.15) is 13.3 Å². The molecule has 0 heterocycles. The summed E-state index contributed by atoms with van der Waals surface area (Å²) in [5.41, 5.74) is 6.07. The molecule has 1 aromatic carbocycles. The Labute approximate surface area is 110 Å². The summed E-state index contributed by atoms with van der Waals surface area (Å²) in [4.78, 5) is 0.201. The molecule has 0 aromatic heterocycles. The van der Waals surface area contributed by atoms with Crippen LogP contribution < -0.4 is 10.5 Å². The van der Waals surface area contributed by atoms with Crippen molar-refractivity contribution in [1.82, 2.24) is 4.72 Å². The molecule has 0 atom stereocenters. The third-order valence-electron chi connectivity index (χ3n) is 2.08. The lowest BCUT2D eigenvalue weighted by Gasteiger charge is -2.08. The number of hydrogen-bond acceptors (Lipinski definition) is 3. The van der Waals surface area contributed by atoms with Gasteiger partial charge in [-0.1, -0.05) is 12.2 Å². The zero-order valence-electron chi connectivity index (χ0n) is 9.48. The van der Waals surface area contributed by atoms with Crippen LogP contribution >= 0.6 is 15.9 Å². The molecule has 0 saturated heterocycles. The first-order valence-electron chi connectivity index (χ1n) is 5.13. The summed E-state index contributed by atoms with van der Waals surface area (Å²) < 4.78 is 26.8. The molecule has 17 heavy (non-hydrogen) atoms. The summed E-state index contributed by atoms with van der Waals surface area (Å²) >= 11 is 3.19. The minimum absolute atomic E-state index is 0.201. The van der Waals surface area contributed by atoms with Crippen LogP contribution in [-0.4, -0.2) is 15.0 Å². The summed E-state index contributed by atoms with van der Waals surface area (Å²) in [5.74, 6) is 0. The van der Waals surface area contributed by atoms with Gasteiger partial charge in [-0.05, 0) is 47.5 Å². The predicted octanol–water partition coefficient (Wildman–Crippen LogP) is 2.28. The molecule has 0 aliphatic heterocycles. The van der Waals surface area contributed by atoms with Gasteiger partial charge in [0.1, 0.15) is 0 Å². The molecule has 94 valence electrons. The maximum Gasteiger partial charge on any atom is 0.241 e. The molecule has 1 rings (SSSR count). The highest BCUT2D eigenvalue weighted by molar-refractivity contribution is 9.10. The van der Waals surface area contributed by atoms with E-state index in [9.17, 15) is 8.42 Å². The monoisotopic (exact) mass is 318 g/mol. The fourth-order valence-corrected chi connectivity index (χ4v) is 3.40. The number of sulfonamides is 1. The Morgan fingerprint density at radius 1 is 1.47 bits per heavy atom. The van der Waals surface area contributed by atoms with E-state index in [1.54, 1.807) is 12.1 Å². The van der Waals surface area contributed by atoms with Gasteiger partial charge in [0.25, 0.3) is 0 Å². The molecular formula is C11H15BrN2O2S. The minimum Gasteiger partial charge on any atom is -0.399 e. The van der Waals surface area contributed by atoms with Crippen LogP contribution in [0.3, 0.4) is 0 Å². The van der Waals surface area contributed by atoms with Gasteiger partial charge < -0.3 is 5.73 Å². The summed E-state index contributed by atoms with van der Waals surface area (Å²) in [6, 6.07) is 4.61. The third-order valence-corrected chi connectivity index (χ3v) is 4.52. The number of benzene rings is 1. The fourth-order valence-electron chi connectivity index (χ4n) is 1.26. The van der Waals surface area contributed by atoms with Crippen LogP contribution in [0.5, 0.6) is 0 Å². The molecule has 0 amide bonds. The highest BCUT2D eigenvalue weighted by Crippen LogP contribution is 2.23. The smallest absolute Gasteiger partial charge is 0.241 e. The fraction of sp³-hybridized carbons (Fsp3) is 0.273. The van der Waals surface area contributed by atoms with E-state index < -0.39 is 10.0 Å². The van der Waals surface area contributed by atoms with Crippen molar-refractivity contribution >= 4 is 31.6 Å². The maximum atomic E-state index is 11.9. The Morgan fingerprint density at radius 2 is 2.18 bits per heavy atom. The third kappa shape index (κ3) is 4.14. The van der Waals surface area contributed by atoms with E-state index in [0.29, 0.717) is 23.1 Å². The summed E-state index contributed by atoms with van der Waals surface area (Å²) in [7, 11) is -3.47. The van der Waals surface area contributed by atoms with Gasteiger partial charge in [0, 0.05) is 16.7 Å². The molecule has 0 spiro atoms. The number of rotatable bonds is 5. The van der Waals surface area contributed by atoms with Crippen molar-refractivity contribution < 1.29 is 8.42 Å². The van der Waals surface area contributed by atoms with Crippen LogP contribution in [0, 0.1) is 0 Å². The zero-order chi connectivity index (χ0) is 12.9. The van der Waals surface area contributed by atoms with Crippen molar-refractivity contribution in [2.45, 2.75) is 18.2 Å². The number of nitrogens with two attached hydrogens (primary N) is 1. The van der Waals surface area contributed by atoms with Crippen molar-refractivity contribution in [3.05, 3.63) is 34.8 Å². The number of allylic oxidation sites excluding steroid dienone is 1. The quantitative estimate of drug-likeness (QED) is 0.497. The molecule has 0 unspecified atom stereocenters. The molecular weight excluding hydrogens is 304 g/mol. The molecule has 0 aliphatic rings. The zero-order valence-corrected chi connectivity index (χ0v) is 11.9. The lowest BCUT2D eigenvalue weighted by Crippen LogP contribution is -2.24. The van der Waals surface area contributed by atoms with Gasteiger partial charge in [0.15, 0.2) is 0 Å². The highest BCUT2D eigenvalue weighted by Gasteiger charge is 2.16. The molecule has 0 radical (unpaired) electrons. The van der Waals surface area contributed by atoms with E-state index in [4.69, 9.17) is 5.73 Å². The standard InChI is InChI=1S/C11H15BrN2O2S/c1-2-3-4-7-14-17(15,16)11-6-5-9(13)8-10(11)12/h2-3,5-6,8,14H,4,7,13H2,1H3/b3-2+. The predicted molar refractivity (Wildman–Crippen MR) is 73.2 cm³/mol. The second-order valence-electron chi connectivity index (χ2n) is 3.45. The SMILES string of the molecule is C/C=C/CCNS(=O)(=O)c1ccc(N)cc1Br. The molecule has 6 heteroatoms. The van der Waals surface area contributed by atoms with E-state index in [0.717, 1.165) is 0 Å². The highest BCUT2D eigenvalue weighted by atomic mass is 79.9. The Morgan fingerprint density at radius 3 is 2.76 bits per heavy atom. The Hall–Kier alpha value is -0.850. The van der Waals surface area contributed by atoms with Crippen molar-refractivity contribution in [1.29, 1.82) is 0 Å². The average molecular weight is 319 g/mol. The van der Waals surface area contributed by atoms with Crippen LogP contribution in [0.4, 0.5) is 5.69 Å². The average Bonchev–Trinajstić information content (AvgIpc) is 2.24. The number of nitrogens with one attached hydrogen (secondary N) is 1. The first-order chi connectivity index (χ1) is 7.97. The Bertz CT molecular complexity index is 512. The van der Waals surface area contributed by atoms with Crippen molar-refractivity contribution in [2.75, 3.05) is 12.3 Å². The summed E-state index contributed by atoms with van der Waals surface area (Å²) in [6.45, 7) is 2.27. The van der Waals surface area contributed by atoms with Gasteiger partial charge in [0.05, 0.1) is 4.90 Å². The molecule has 0 saturated carbocycles. The number of anilines is 1. The second-order valence-corrected chi connectivity index (χ2v) is 6.04. The van der Waals surface area contributed by atoms with Crippen LogP contribution in [0.25, 0.3) is 0 Å². The molecule has 1 aromatic rings. The lowest BCUT2D eigenvalue weighted by molar-refractivity contribution is 0.581. The van der Waals surface area contributed by atoms with Gasteiger partial charge in [0.2, 0.25) is 10.0 Å². The minimum atomic E-state index is -3.47. The van der Waals surface area contributed by atoms with Gasteiger partial charge in [-0.15, -0.1) is 0 Å². The lowest BCUT2D eigenvalue weighted by atomic mass is 10.3. The molecule has 0 bridgehead atoms. The van der Waals surface area contributed by atoms with E-state index >= 15 is 0 Å². The first-order valence-corrected chi connectivity index (χ1v) is 7.41. The van der Waals surface area contributed by atoms with Gasteiger partial charge in [-0.3, -0.25) is 0 Å². The van der Waals surface area contributed by atoms with E-state index in [1.165, 1.54) is 6.07 Å².